The van der Waals surface area contributed by atoms with Crippen molar-refractivity contribution < 1.29 is 9.53 Å². The van der Waals surface area contributed by atoms with Crippen molar-refractivity contribution in [2.45, 2.75) is 19.4 Å². The molecular formula is C11H19N5O2. The number of nitrogens with one attached hydrogen (secondary N) is 1. The molecule has 0 radical (unpaired) electrons. The minimum Gasteiger partial charge on any atom is -0.381 e. The van der Waals surface area contributed by atoms with Gasteiger partial charge in [0.2, 0.25) is 0 Å². The highest BCUT2D eigenvalue weighted by molar-refractivity contribution is 5.91. The van der Waals surface area contributed by atoms with E-state index in [9.17, 15) is 4.79 Å². The topological polar surface area (TPSA) is 95.1 Å². The van der Waals surface area contributed by atoms with E-state index in [1.807, 2.05) is 0 Å². The van der Waals surface area contributed by atoms with Crippen LogP contribution in [0.5, 0.6) is 0 Å². The van der Waals surface area contributed by atoms with E-state index in [0.717, 1.165) is 26.1 Å². The van der Waals surface area contributed by atoms with E-state index in [1.165, 1.54) is 0 Å². The quantitative estimate of drug-likeness (QED) is 0.705. The van der Waals surface area contributed by atoms with Gasteiger partial charge in [-0.05, 0) is 18.8 Å². The van der Waals surface area contributed by atoms with Gasteiger partial charge < -0.3 is 15.8 Å². The molecule has 1 aliphatic heterocycles. The van der Waals surface area contributed by atoms with E-state index in [2.05, 4.69) is 15.6 Å². The molecule has 3 N–H and O–H groups in total. The Hall–Kier alpha value is -1.47. The minimum atomic E-state index is -0.183. The van der Waals surface area contributed by atoms with Crippen molar-refractivity contribution in [2.24, 2.45) is 11.7 Å². The minimum absolute atomic E-state index is 0.183. The zero-order valence-electron chi connectivity index (χ0n) is 10.3. The lowest BCUT2D eigenvalue weighted by Gasteiger charge is -2.07. The first-order valence-electron chi connectivity index (χ1n) is 6.25. The van der Waals surface area contributed by atoms with Crippen LogP contribution >= 0.6 is 0 Å². The second-order valence-corrected chi connectivity index (χ2v) is 4.43. The van der Waals surface area contributed by atoms with Crippen LogP contribution in [0, 0.1) is 5.92 Å². The number of amides is 1. The van der Waals surface area contributed by atoms with Crippen molar-refractivity contribution in [1.82, 2.24) is 20.3 Å². The Morgan fingerprint density at radius 2 is 2.56 bits per heavy atom. The van der Waals surface area contributed by atoms with Crippen LogP contribution in [0.25, 0.3) is 0 Å². The summed E-state index contributed by atoms with van der Waals surface area (Å²) in [4.78, 5) is 11.7. The maximum Gasteiger partial charge on any atom is 0.273 e. The lowest BCUT2D eigenvalue weighted by molar-refractivity contribution is 0.0945. The van der Waals surface area contributed by atoms with Gasteiger partial charge in [-0.25, -0.2) is 0 Å². The van der Waals surface area contributed by atoms with E-state index in [-0.39, 0.29) is 5.91 Å². The second kappa shape index (κ2) is 6.46. The molecule has 0 saturated carbocycles. The SMILES string of the molecule is NCCn1cc(C(=O)NCCC2CCOC2)nn1. The average molecular weight is 253 g/mol. The van der Waals surface area contributed by atoms with Crippen molar-refractivity contribution in [2.75, 3.05) is 26.3 Å². The molecule has 2 heterocycles. The van der Waals surface area contributed by atoms with Crippen molar-refractivity contribution in [3.63, 3.8) is 0 Å². The van der Waals surface area contributed by atoms with Crippen LogP contribution < -0.4 is 11.1 Å². The molecule has 100 valence electrons. The summed E-state index contributed by atoms with van der Waals surface area (Å²) in [6.45, 7) is 3.34. The van der Waals surface area contributed by atoms with Crippen LogP contribution in [0.2, 0.25) is 0 Å². The predicted octanol–water partition coefficient (Wildman–Crippen LogP) is -0.607. The van der Waals surface area contributed by atoms with Crippen LogP contribution in [0.15, 0.2) is 6.20 Å². The molecule has 1 saturated heterocycles. The number of aromatic nitrogens is 3. The molecular weight excluding hydrogens is 234 g/mol. The number of hydrogen-bond acceptors (Lipinski definition) is 5. The summed E-state index contributed by atoms with van der Waals surface area (Å²) in [5, 5.41) is 10.5. The molecule has 7 heteroatoms. The number of carbonyl (C=O) groups excluding carboxylic acids is 1. The van der Waals surface area contributed by atoms with Gasteiger partial charge in [0.1, 0.15) is 0 Å². The largest absolute Gasteiger partial charge is 0.381 e. The van der Waals surface area contributed by atoms with Gasteiger partial charge in [0.25, 0.3) is 5.91 Å². The summed E-state index contributed by atoms with van der Waals surface area (Å²) in [5.74, 6) is 0.385. The first kappa shape index (κ1) is 13.0. The molecule has 1 unspecified atom stereocenters. The highest BCUT2D eigenvalue weighted by Crippen LogP contribution is 2.15. The Bertz CT molecular complexity index is 387. The Morgan fingerprint density at radius 1 is 1.67 bits per heavy atom. The van der Waals surface area contributed by atoms with Gasteiger partial charge in [0, 0.05) is 26.3 Å². The van der Waals surface area contributed by atoms with Gasteiger partial charge in [-0.1, -0.05) is 5.21 Å². The molecule has 1 aromatic rings. The fourth-order valence-electron chi connectivity index (χ4n) is 1.94. The first-order chi connectivity index (χ1) is 8.79. The third-order valence-corrected chi connectivity index (χ3v) is 2.99. The molecule has 0 aliphatic carbocycles. The number of nitrogens with two attached hydrogens (primary N) is 1. The Kier molecular flexibility index (Phi) is 4.66. The third-order valence-electron chi connectivity index (χ3n) is 2.99. The standard InChI is InChI=1S/C11H19N5O2/c12-3-5-16-7-10(14-15-16)11(17)13-4-1-9-2-6-18-8-9/h7,9H,1-6,8,12H2,(H,13,17). The summed E-state index contributed by atoms with van der Waals surface area (Å²) in [6.07, 6.45) is 3.64. The molecule has 1 amide bonds. The normalized spacial score (nSPS) is 19.1. The van der Waals surface area contributed by atoms with Crippen molar-refractivity contribution in [3.8, 4) is 0 Å². The maximum atomic E-state index is 11.7. The van der Waals surface area contributed by atoms with Gasteiger partial charge in [0.05, 0.1) is 12.7 Å². The maximum absolute atomic E-state index is 11.7. The van der Waals surface area contributed by atoms with E-state index in [4.69, 9.17) is 10.5 Å². The smallest absolute Gasteiger partial charge is 0.273 e. The number of hydrogen-bond donors (Lipinski definition) is 2. The molecule has 1 fully saturated rings. The van der Waals surface area contributed by atoms with Crippen LogP contribution in [0.4, 0.5) is 0 Å². The van der Waals surface area contributed by atoms with Crippen LogP contribution in [-0.2, 0) is 11.3 Å². The molecule has 1 atom stereocenters. The molecule has 18 heavy (non-hydrogen) atoms. The number of nitrogens with zero attached hydrogens (tertiary/aromatic N) is 3. The third kappa shape index (κ3) is 3.51. The van der Waals surface area contributed by atoms with Crippen molar-refractivity contribution >= 4 is 5.91 Å². The van der Waals surface area contributed by atoms with Crippen molar-refractivity contribution in [3.05, 3.63) is 11.9 Å². The fraction of sp³-hybridized carbons (Fsp3) is 0.727. The second-order valence-electron chi connectivity index (χ2n) is 4.43. The van der Waals surface area contributed by atoms with E-state index in [1.54, 1.807) is 10.9 Å². The monoisotopic (exact) mass is 253 g/mol. The molecule has 1 aromatic heterocycles. The van der Waals surface area contributed by atoms with Crippen LogP contribution in [0.3, 0.4) is 0 Å². The van der Waals surface area contributed by atoms with Crippen LogP contribution in [0.1, 0.15) is 23.3 Å². The van der Waals surface area contributed by atoms with Gasteiger partial charge in [-0.3, -0.25) is 9.48 Å². The highest BCUT2D eigenvalue weighted by atomic mass is 16.5. The molecule has 2 rings (SSSR count). The zero-order valence-corrected chi connectivity index (χ0v) is 10.3. The molecule has 7 nitrogen and oxygen atoms in total. The summed E-state index contributed by atoms with van der Waals surface area (Å²) >= 11 is 0. The number of rotatable bonds is 6. The number of carbonyl (C=O) groups is 1. The first-order valence-corrected chi connectivity index (χ1v) is 6.25. The molecule has 1 aliphatic rings. The summed E-state index contributed by atoms with van der Waals surface area (Å²) in [6, 6.07) is 0. The van der Waals surface area contributed by atoms with Crippen molar-refractivity contribution in [1.29, 1.82) is 0 Å². The van der Waals surface area contributed by atoms with E-state index < -0.39 is 0 Å². The average Bonchev–Trinajstić information content (AvgIpc) is 3.00. The molecule has 0 spiro atoms. The van der Waals surface area contributed by atoms with Gasteiger partial charge >= 0.3 is 0 Å². The summed E-state index contributed by atoms with van der Waals surface area (Å²) < 4.78 is 6.85. The Morgan fingerprint density at radius 3 is 3.28 bits per heavy atom. The van der Waals surface area contributed by atoms with E-state index >= 15 is 0 Å². The van der Waals surface area contributed by atoms with E-state index in [0.29, 0.717) is 31.2 Å². The summed E-state index contributed by atoms with van der Waals surface area (Å²) in [7, 11) is 0. The number of ether oxygens (including phenoxy) is 1. The predicted molar refractivity (Wildman–Crippen MR) is 65.0 cm³/mol. The summed E-state index contributed by atoms with van der Waals surface area (Å²) in [5.41, 5.74) is 5.73. The molecule has 0 bridgehead atoms. The van der Waals surface area contributed by atoms with Gasteiger partial charge in [0.15, 0.2) is 5.69 Å². The molecule has 0 aromatic carbocycles. The highest BCUT2D eigenvalue weighted by Gasteiger charge is 2.16. The fourth-order valence-corrected chi connectivity index (χ4v) is 1.94. The lowest BCUT2D eigenvalue weighted by atomic mass is 10.1. The van der Waals surface area contributed by atoms with Crippen LogP contribution in [-0.4, -0.2) is 47.2 Å². The lowest BCUT2D eigenvalue weighted by Crippen LogP contribution is -2.26. The Balaban J connectivity index is 1.72. The van der Waals surface area contributed by atoms with Gasteiger partial charge in [-0.15, -0.1) is 5.10 Å². The Labute approximate surface area is 106 Å². The zero-order chi connectivity index (χ0) is 12.8. The van der Waals surface area contributed by atoms with Gasteiger partial charge in [-0.2, -0.15) is 0 Å².